The van der Waals surface area contributed by atoms with Gasteiger partial charge in [-0.15, -0.1) is 6.42 Å². The van der Waals surface area contributed by atoms with Crippen LogP contribution >= 0.6 is 0 Å². The Labute approximate surface area is 109 Å². The third kappa shape index (κ3) is 2.82. The number of nitrogen functional groups attached to an aromatic ring is 1. The molecule has 5 heteroatoms. The van der Waals surface area contributed by atoms with Gasteiger partial charge in [0.15, 0.2) is 0 Å². The molecule has 0 aliphatic carbocycles. The molecular weight excluding hydrogens is 244 g/mol. The molecule has 0 aliphatic heterocycles. The molecule has 0 heterocycles. The fraction of sp³-hybridized carbons (Fsp3) is 0. The Morgan fingerprint density at radius 3 is 2.58 bits per heavy atom. The minimum atomic E-state index is -0.544. The van der Waals surface area contributed by atoms with Gasteiger partial charge in [-0.2, -0.15) is 0 Å². The molecule has 5 nitrogen and oxygen atoms in total. The zero-order valence-corrected chi connectivity index (χ0v) is 9.87. The minimum absolute atomic E-state index is 0.0515. The number of nitrogens with two attached hydrogens (primary N) is 1. The first-order valence-electron chi connectivity index (χ1n) is 5.38. The van der Waals surface area contributed by atoms with E-state index in [0.717, 1.165) is 0 Å². The third-order valence-electron chi connectivity index (χ3n) is 2.43. The van der Waals surface area contributed by atoms with E-state index in [4.69, 9.17) is 16.9 Å². The summed E-state index contributed by atoms with van der Waals surface area (Å²) in [4.78, 5) is 10.1. The van der Waals surface area contributed by atoms with Crippen LogP contribution in [0.4, 0.5) is 11.4 Å². The van der Waals surface area contributed by atoms with Gasteiger partial charge in [0.25, 0.3) is 5.69 Å². The fourth-order valence-electron chi connectivity index (χ4n) is 1.55. The second-order valence-corrected chi connectivity index (χ2v) is 3.75. The Kier molecular flexibility index (Phi) is 3.35. The summed E-state index contributed by atoms with van der Waals surface area (Å²) < 4.78 is 5.54. The van der Waals surface area contributed by atoms with Gasteiger partial charge in [0.1, 0.15) is 17.2 Å². The predicted molar refractivity (Wildman–Crippen MR) is 72.0 cm³/mol. The smallest absolute Gasteiger partial charge is 0.292 e. The first-order chi connectivity index (χ1) is 9.10. The summed E-state index contributed by atoms with van der Waals surface area (Å²) >= 11 is 0. The third-order valence-corrected chi connectivity index (χ3v) is 2.43. The van der Waals surface area contributed by atoms with Crippen molar-refractivity contribution in [3.8, 4) is 23.8 Å². The maximum Gasteiger partial charge on any atom is 0.292 e. The Hall–Kier alpha value is -3.00. The van der Waals surface area contributed by atoms with Gasteiger partial charge in [0.05, 0.1) is 4.92 Å². The van der Waals surface area contributed by atoms with Crippen molar-refractivity contribution < 1.29 is 9.66 Å². The molecule has 94 valence electrons. The highest BCUT2D eigenvalue weighted by atomic mass is 16.6. The lowest BCUT2D eigenvalue weighted by Gasteiger charge is -2.06. The lowest BCUT2D eigenvalue weighted by molar-refractivity contribution is -0.383. The van der Waals surface area contributed by atoms with Gasteiger partial charge < -0.3 is 10.5 Å². The van der Waals surface area contributed by atoms with Gasteiger partial charge in [-0.1, -0.05) is 12.0 Å². The van der Waals surface area contributed by atoms with Crippen molar-refractivity contribution in [1.29, 1.82) is 0 Å². The normalized spacial score (nSPS) is 9.63. The number of benzene rings is 2. The molecule has 0 aromatic heterocycles. The number of rotatable bonds is 3. The quantitative estimate of drug-likeness (QED) is 0.395. The molecule has 2 aromatic rings. The average Bonchev–Trinajstić information content (AvgIpc) is 2.38. The number of terminal acetylenes is 1. The maximum atomic E-state index is 10.6. The summed E-state index contributed by atoms with van der Waals surface area (Å²) in [5.74, 6) is 3.45. The van der Waals surface area contributed by atoms with Crippen LogP contribution < -0.4 is 10.5 Å². The summed E-state index contributed by atoms with van der Waals surface area (Å²) in [5.41, 5.74) is 6.17. The van der Waals surface area contributed by atoms with Crippen molar-refractivity contribution in [2.24, 2.45) is 0 Å². The molecule has 19 heavy (non-hydrogen) atoms. The molecule has 0 amide bonds. The molecule has 0 fully saturated rings. The van der Waals surface area contributed by atoms with E-state index < -0.39 is 4.92 Å². The topological polar surface area (TPSA) is 78.4 Å². The maximum absolute atomic E-state index is 10.6. The standard InChI is InChI=1S/C14H10N2O3/c1-2-10-4-3-5-11(8-10)19-12-6-7-14(16(17)18)13(15)9-12/h1,3-9H,15H2. The number of anilines is 1. The molecule has 2 N–H and O–H groups in total. The van der Waals surface area contributed by atoms with E-state index in [0.29, 0.717) is 17.1 Å². The van der Waals surface area contributed by atoms with Gasteiger partial charge in [-0.3, -0.25) is 10.1 Å². The van der Waals surface area contributed by atoms with Gasteiger partial charge in [-0.25, -0.2) is 0 Å². The van der Waals surface area contributed by atoms with E-state index in [9.17, 15) is 10.1 Å². The first kappa shape index (κ1) is 12.5. The van der Waals surface area contributed by atoms with Crippen molar-refractivity contribution in [2.45, 2.75) is 0 Å². The lowest BCUT2D eigenvalue weighted by Crippen LogP contribution is -1.96. The van der Waals surface area contributed by atoms with Crippen molar-refractivity contribution in [1.82, 2.24) is 0 Å². The van der Waals surface area contributed by atoms with Gasteiger partial charge in [0, 0.05) is 17.7 Å². The molecule has 0 saturated heterocycles. The molecule has 0 atom stereocenters. The second kappa shape index (κ2) is 5.10. The average molecular weight is 254 g/mol. The van der Waals surface area contributed by atoms with Crippen LogP contribution in [0, 0.1) is 22.5 Å². The predicted octanol–water partition coefficient (Wildman–Crippen LogP) is 2.95. The number of ether oxygens (including phenoxy) is 1. The molecule has 0 radical (unpaired) electrons. The number of nitro groups is 1. The zero-order chi connectivity index (χ0) is 13.8. The SMILES string of the molecule is C#Cc1cccc(Oc2ccc([N+](=O)[O-])c(N)c2)c1. The Morgan fingerprint density at radius 2 is 1.95 bits per heavy atom. The highest BCUT2D eigenvalue weighted by molar-refractivity contribution is 5.61. The van der Waals surface area contributed by atoms with Gasteiger partial charge in [-0.05, 0) is 24.3 Å². The molecule has 0 unspecified atom stereocenters. The lowest BCUT2D eigenvalue weighted by atomic mass is 10.2. The molecule has 2 aromatic carbocycles. The van der Waals surface area contributed by atoms with Crippen molar-refractivity contribution in [3.63, 3.8) is 0 Å². The van der Waals surface area contributed by atoms with Crippen LogP contribution in [0.15, 0.2) is 42.5 Å². The minimum Gasteiger partial charge on any atom is -0.457 e. The molecule has 0 bridgehead atoms. The Balaban J connectivity index is 2.26. The summed E-state index contributed by atoms with van der Waals surface area (Å²) in [5, 5.41) is 10.6. The van der Waals surface area contributed by atoms with Crippen LogP contribution in [0.2, 0.25) is 0 Å². The second-order valence-electron chi connectivity index (χ2n) is 3.75. The number of nitro benzene ring substituents is 1. The molecule has 2 rings (SSSR count). The van der Waals surface area contributed by atoms with Crippen LogP contribution in [-0.2, 0) is 0 Å². The van der Waals surface area contributed by atoms with Gasteiger partial charge >= 0.3 is 0 Å². The largest absolute Gasteiger partial charge is 0.457 e. The summed E-state index contributed by atoms with van der Waals surface area (Å²) in [6.45, 7) is 0. The van der Waals surface area contributed by atoms with E-state index in [1.807, 2.05) is 0 Å². The Morgan fingerprint density at radius 1 is 1.21 bits per heavy atom. The molecule has 0 aliphatic rings. The van der Waals surface area contributed by atoms with Crippen molar-refractivity contribution in [2.75, 3.05) is 5.73 Å². The van der Waals surface area contributed by atoms with Crippen molar-refractivity contribution in [3.05, 3.63) is 58.1 Å². The van der Waals surface area contributed by atoms with Gasteiger partial charge in [0.2, 0.25) is 0 Å². The molecular formula is C14H10N2O3. The van der Waals surface area contributed by atoms with Crippen LogP contribution in [0.25, 0.3) is 0 Å². The van der Waals surface area contributed by atoms with E-state index in [1.165, 1.54) is 18.2 Å². The number of hydrogen-bond acceptors (Lipinski definition) is 4. The van der Waals surface area contributed by atoms with E-state index in [2.05, 4.69) is 5.92 Å². The van der Waals surface area contributed by atoms with Crippen LogP contribution in [0.1, 0.15) is 5.56 Å². The van der Waals surface area contributed by atoms with Crippen molar-refractivity contribution >= 4 is 11.4 Å². The van der Waals surface area contributed by atoms with E-state index in [-0.39, 0.29) is 11.4 Å². The number of hydrogen-bond donors (Lipinski definition) is 1. The highest BCUT2D eigenvalue weighted by Crippen LogP contribution is 2.29. The fourth-order valence-corrected chi connectivity index (χ4v) is 1.55. The zero-order valence-electron chi connectivity index (χ0n) is 9.87. The monoisotopic (exact) mass is 254 g/mol. The highest BCUT2D eigenvalue weighted by Gasteiger charge is 2.11. The Bertz CT molecular complexity index is 675. The molecule has 0 spiro atoms. The summed E-state index contributed by atoms with van der Waals surface area (Å²) in [7, 11) is 0. The van der Waals surface area contributed by atoms with Crippen LogP contribution in [-0.4, -0.2) is 4.92 Å². The van der Waals surface area contributed by atoms with Crippen LogP contribution in [0.5, 0.6) is 11.5 Å². The first-order valence-corrected chi connectivity index (χ1v) is 5.38. The van der Waals surface area contributed by atoms with Crippen LogP contribution in [0.3, 0.4) is 0 Å². The van der Waals surface area contributed by atoms with E-state index in [1.54, 1.807) is 24.3 Å². The molecule has 0 saturated carbocycles. The summed E-state index contributed by atoms with van der Waals surface area (Å²) in [6.07, 6.45) is 5.29. The number of nitrogens with zero attached hydrogens (tertiary/aromatic N) is 1. The van der Waals surface area contributed by atoms with E-state index >= 15 is 0 Å². The summed E-state index contributed by atoms with van der Waals surface area (Å²) in [6, 6.07) is 11.2.